The third-order valence-corrected chi connectivity index (χ3v) is 3.93. The Balaban J connectivity index is 2.02. The number of H-pyrrole nitrogens is 1. The van der Waals surface area contributed by atoms with Crippen molar-refractivity contribution in [1.82, 2.24) is 15.3 Å². The van der Waals surface area contributed by atoms with Crippen LogP contribution in [0.3, 0.4) is 0 Å². The highest BCUT2D eigenvalue weighted by atomic mass is 35.5. The van der Waals surface area contributed by atoms with Gasteiger partial charge in [-0.15, -0.1) is 0 Å². The van der Waals surface area contributed by atoms with Crippen LogP contribution < -0.4 is 5.32 Å². The predicted molar refractivity (Wildman–Crippen MR) is 88.8 cm³/mol. The first-order chi connectivity index (χ1) is 10.9. The van der Waals surface area contributed by atoms with Gasteiger partial charge in [0.2, 0.25) is 11.9 Å². The molecule has 2 N–H and O–H groups in total. The molecule has 118 valence electrons. The van der Waals surface area contributed by atoms with Gasteiger partial charge in [0, 0.05) is 51.4 Å². The van der Waals surface area contributed by atoms with Crippen molar-refractivity contribution in [3.63, 3.8) is 0 Å². The molecule has 1 amide bonds. The molecule has 23 heavy (non-hydrogen) atoms. The maximum absolute atomic E-state index is 13.3. The predicted octanol–water partition coefficient (Wildman–Crippen LogP) is 3.97. The van der Waals surface area contributed by atoms with E-state index in [0.717, 1.165) is 27.7 Å². The summed E-state index contributed by atoms with van der Waals surface area (Å²) in [5, 5.41) is 4.26. The molecule has 0 aliphatic rings. The average Bonchev–Trinajstić information content (AvgIpc) is 2.89. The van der Waals surface area contributed by atoms with Gasteiger partial charge in [0.05, 0.1) is 6.54 Å². The topological polar surface area (TPSA) is 57.8 Å². The number of carbonyl (C=O) groups is 1. The number of benzene rings is 1. The SMILES string of the molecule is CC(=O)NCc1cc2cc(Cl)c(-c3cnc(F)c(C)c3)cc2[nH]1. The van der Waals surface area contributed by atoms with Crippen LogP contribution in [0.2, 0.25) is 5.02 Å². The molecule has 0 aliphatic carbocycles. The number of aromatic amines is 1. The lowest BCUT2D eigenvalue weighted by molar-refractivity contribution is -0.119. The molecule has 2 heterocycles. The fraction of sp³-hybridized carbons (Fsp3) is 0.176. The van der Waals surface area contributed by atoms with E-state index >= 15 is 0 Å². The van der Waals surface area contributed by atoms with Gasteiger partial charge in [-0.05, 0) is 31.2 Å². The van der Waals surface area contributed by atoms with Gasteiger partial charge in [-0.25, -0.2) is 4.98 Å². The number of aryl methyl sites for hydroxylation is 1. The minimum atomic E-state index is -0.483. The van der Waals surface area contributed by atoms with Crippen molar-refractivity contribution in [2.24, 2.45) is 0 Å². The summed E-state index contributed by atoms with van der Waals surface area (Å²) in [5.41, 5.74) is 3.79. The van der Waals surface area contributed by atoms with Crippen LogP contribution in [0.1, 0.15) is 18.2 Å². The van der Waals surface area contributed by atoms with Gasteiger partial charge in [-0.1, -0.05) is 11.6 Å². The Kier molecular flexibility index (Phi) is 4.05. The van der Waals surface area contributed by atoms with E-state index in [1.165, 1.54) is 13.1 Å². The lowest BCUT2D eigenvalue weighted by Crippen LogP contribution is -2.18. The molecular weight excluding hydrogens is 317 g/mol. The van der Waals surface area contributed by atoms with E-state index in [2.05, 4.69) is 15.3 Å². The number of nitrogens with one attached hydrogen (secondary N) is 2. The maximum Gasteiger partial charge on any atom is 0.217 e. The van der Waals surface area contributed by atoms with E-state index in [0.29, 0.717) is 17.1 Å². The highest BCUT2D eigenvalue weighted by Gasteiger charge is 2.10. The standard InChI is InChI=1S/C17H15ClFN3O/c1-9-3-12(7-21-17(9)19)14-6-16-11(5-15(14)18)4-13(22-16)8-20-10(2)23/h3-7,22H,8H2,1-2H3,(H,20,23). The van der Waals surface area contributed by atoms with Crippen molar-refractivity contribution < 1.29 is 9.18 Å². The zero-order chi connectivity index (χ0) is 16.6. The molecule has 6 heteroatoms. The van der Waals surface area contributed by atoms with Crippen LogP contribution in [0.15, 0.2) is 30.5 Å². The summed E-state index contributed by atoms with van der Waals surface area (Å²) in [7, 11) is 0. The van der Waals surface area contributed by atoms with Crippen molar-refractivity contribution in [2.75, 3.05) is 0 Å². The van der Waals surface area contributed by atoms with Crippen LogP contribution in [0.25, 0.3) is 22.0 Å². The van der Waals surface area contributed by atoms with Crippen LogP contribution in [0, 0.1) is 12.9 Å². The summed E-state index contributed by atoms with van der Waals surface area (Å²) in [4.78, 5) is 18.0. The Morgan fingerprint density at radius 2 is 2.13 bits per heavy atom. The van der Waals surface area contributed by atoms with Gasteiger partial charge in [-0.3, -0.25) is 4.79 Å². The second-order valence-electron chi connectivity index (χ2n) is 5.46. The fourth-order valence-corrected chi connectivity index (χ4v) is 2.74. The van der Waals surface area contributed by atoms with E-state index in [1.807, 2.05) is 18.2 Å². The number of hydrogen-bond donors (Lipinski definition) is 2. The Labute approximate surface area is 137 Å². The van der Waals surface area contributed by atoms with E-state index in [9.17, 15) is 9.18 Å². The highest BCUT2D eigenvalue weighted by Crippen LogP contribution is 2.32. The number of nitrogens with zero attached hydrogens (tertiary/aromatic N) is 1. The van der Waals surface area contributed by atoms with Gasteiger partial charge in [-0.2, -0.15) is 4.39 Å². The first kappa shape index (κ1) is 15.5. The summed E-state index contributed by atoms with van der Waals surface area (Å²) in [6, 6.07) is 7.41. The summed E-state index contributed by atoms with van der Waals surface area (Å²) in [5.74, 6) is -0.571. The molecule has 3 rings (SSSR count). The summed E-state index contributed by atoms with van der Waals surface area (Å²) in [6.45, 7) is 3.56. The quantitative estimate of drug-likeness (QED) is 0.713. The molecule has 0 bridgehead atoms. The summed E-state index contributed by atoms with van der Waals surface area (Å²) in [6.07, 6.45) is 1.47. The van der Waals surface area contributed by atoms with Gasteiger partial charge in [0.1, 0.15) is 0 Å². The first-order valence-corrected chi connectivity index (χ1v) is 7.50. The number of aromatic nitrogens is 2. The van der Waals surface area contributed by atoms with Crippen LogP contribution in [-0.2, 0) is 11.3 Å². The second kappa shape index (κ2) is 6.01. The molecule has 0 fully saturated rings. The number of amides is 1. The number of rotatable bonds is 3. The third kappa shape index (κ3) is 3.19. The number of halogens is 2. The van der Waals surface area contributed by atoms with Gasteiger partial charge >= 0.3 is 0 Å². The van der Waals surface area contributed by atoms with Crippen molar-refractivity contribution >= 4 is 28.4 Å². The van der Waals surface area contributed by atoms with Crippen LogP contribution >= 0.6 is 11.6 Å². The van der Waals surface area contributed by atoms with Gasteiger partial charge in [0.15, 0.2) is 0 Å². The third-order valence-electron chi connectivity index (χ3n) is 3.62. The lowest BCUT2D eigenvalue weighted by Gasteiger charge is -2.06. The number of pyridine rings is 1. The van der Waals surface area contributed by atoms with E-state index in [1.54, 1.807) is 13.0 Å². The number of carbonyl (C=O) groups excluding carboxylic acids is 1. The Morgan fingerprint density at radius 3 is 2.83 bits per heavy atom. The first-order valence-electron chi connectivity index (χ1n) is 7.12. The molecule has 0 aliphatic heterocycles. The average molecular weight is 332 g/mol. The number of hydrogen-bond acceptors (Lipinski definition) is 2. The molecule has 0 saturated carbocycles. The normalized spacial score (nSPS) is 11.0. The lowest BCUT2D eigenvalue weighted by atomic mass is 10.0. The molecule has 0 unspecified atom stereocenters. The molecular formula is C17H15ClFN3O. The Hall–Kier alpha value is -2.40. The molecule has 0 spiro atoms. The Bertz CT molecular complexity index is 904. The second-order valence-corrected chi connectivity index (χ2v) is 5.86. The number of fused-ring (bicyclic) bond motifs is 1. The van der Waals surface area contributed by atoms with Crippen LogP contribution in [0.4, 0.5) is 4.39 Å². The summed E-state index contributed by atoms with van der Waals surface area (Å²) >= 11 is 6.36. The maximum atomic E-state index is 13.3. The summed E-state index contributed by atoms with van der Waals surface area (Å²) < 4.78 is 13.3. The highest BCUT2D eigenvalue weighted by molar-refractivity contribution is 6.34. The fourth-order valence-electron chi connectivity index (χ4n) is 2.45. The Morgan fingerprint density at radius 1 is 1.35 bits per heavy atom. The van der Waals surface area contributed by atoms with Gasteiger partial charge < -0.3 is 10.3 Å². The smallest absolute Gasteiger partial charge is 0.217 e. The van der Waals surface area contributed by atoms with E-state index in [4.69, 9.17) is 11.6 Å². The molecule has 4 nitrogen and oxygen atoms in total. The van der Waals surface area contributed by atoms with E-state index in [-0.39, 0.29) is 5.91 Å². The van der Waals surface area contributed by atoms with Crippen molar-refractivity contribution in [3.05, 3.63) is 52.7 Å². The molecule has 0 atom stereocenters. The van der Waals surface area contributed by atoms with Crippen molar-refractivity contribution in [2.45, 2.75) is 20.4 Å². The zero-order valence-corrected chi connectivity index (χ0v) is 13.5. The molecule has 3 aromatic rings. The minimum absolute atomic E-state index is 0.0877. The molecule has 0 saturated heterocycles. The monoisotopic (exact) mass is 331 g/mol. The molecule has 2 aromatic heterocycles. The zero-order valence-electron chi connectivity index (χ0n) is 12.7. The largest absolute Gasteiger partial charge is 0.357 e. The van der Waals surface area contributed by atoms with Crippen LogP contribution in [-0.4, -0.2) is 15.9 Å². The van der Waals surface area contributed by atoms with Crippen molar-refractivity contribution in [3.8, 4) is 11.1 Å². The van der Waals surface area contributed by atoms with Crippen molar-refractivity contribution in [1.29, 1.82) is 0 Å². The molecule has 0 radical (unpaired) electrons. The van der Waals surface area contributed by atoms with Crippen LogP contribution in [0.5, 0.6) is 0 Å². The van der Waals surface area contributed by atoms with E-state index < -0.39 is 5.95 Å². The minimum Gasteiger partial charge on any atom is -0.357 e. The van der Waals surface area contributed by atoms with Gasteiger partial charge in [0.25, 0.3) is 0 Å². The molecule has 1 aromatic carbocycles.